The smallest absolute Gasteiger partial charge is 1.00 e. The van der Waals surface area contributed by atoms with Gasteiger partial charge in [-0.25, -0.2) is 0 Å². The fraction of sp³-hybridized carbons (Fsp3) is 0.586. The van der Waals surface area contributed by atoms with Gasteiger partial charge in [-0.15, -0.1) is 0 Å². The summed E-state index contributed by atoms with van der Waals surface area (Å²) in [5.41, 5.74) is 9.31. The number of hydrogen-bond acceptors (Lipinski definition) is 0. The maximum atomic E-state index is 2.45. The van der Waals surface area contributed by atoms with E-state index in [0.717, 1.165) is 6.42 Å². The standard InChI is InChI=1S/C29H44.Na.H/c1-26(2,3)22-15-13-20(24(18-22)28(7,8)9)17-21-14-16-23(27(4,5)6)19-25(21)29(10,11)12;;/h13-16,18-19H,17H2,1-12H3;;/q;+1;-1. The van der Waals surface area contributed by atoms with E-state index < -0.39 is 0 Å². The summed E-state index contributed by atoms with van der Waals surface area (Å²) in [6, 6.07) is 14.3. The van der Waals surface area contributed by atoms with Crippen molar-refractivity contribution in [3.63, 3.8) is 0 Å². The zero-order valence-corrected chi connectivity index (χ0v) is 24.2. The largest absolute Gasteiger partial charge is 1.00 e. The van der Waals surface area contributed by atoms with Gasteiger partial charge in [0.1, 0.15) is 0 Å². The van der Waals surface area contributed by atoms with Crippen LogP contribution in [0.5, 0.6) is 0 Å². The molecule has 0 heterocycles. The molecule has 0 aromatic heterocycles. The average molecular weight is 417 g/mol. The SMILES string of the molecule is CC(C)(C)c1ccc(Cc2ccc(C(C)(C)C)cc2C(C)(C)C)c(C(C)(C)C)c1.[H-].[Na+]. The van der Waals surface area contributed by atoms with E-state index in [1.807, 2.05) is 0 Å². The molecule has 0 nitrogen and oxygen atoms in total. The number of rotatable bonds is 2. The molecule has 0 amide bonds. The minimum atomic E-state index is 0. The van der Waals surface area contributed by atoms with Gasteiger partial charge in [0.25, 0.3) is 0 Å². The van der Waals surface area contributed by atoms with Gasteiger partial charge in [-0.3, -0.25) is 0 Å². The van der Waals surface area contributed by atoms with Crippen LogP contribution in [-0.4, -0.2) is 0 Å². The van der Waals surface area contributed by atoms with Crippen LogP contribution in [0.3, 0.4) is 0 Å². The first-order chi connectivity index (χ1) is 12.9. The van der Waals surface area contributed by atoms with Crippen molar-refractivity contribution in [1.29, 1.82) is 0 Å². The Bertz CT molecular complexity index is 792. The Labute approximate surface area is 211 Å². The molecular formula is C29H45Na. The van der Waals surface area contributed by atoms with Crippen molar-refractivity contribution in [3.05, 3.63) is 69.8 Å². The van der Waals surface area contributed by atoms with E-state index in [1.165, 1.54) is 33.4 Å². The zero-order valence-electron chi connectivity index (χ0n) is 23.2. The van der Waals surface area contributed by atoms with Gasteiger partial charge in [0, 0.05) is 0 Å². The molecule has 2 aromatic carbocycles. The first kappa shape index (κ1) is 27.5. The van der Waals surface area contributed by atoms with Crippen LogP contribution in [0, 0.1) is 0 Å². The maximum Gasteiger partial charge on any atom is 1.00 e. The molecule has 30 heavy (non-hydrogen) atoms. The van der Waals surface area contributed by atoms with Crippen molar-refractivity contribution in [2.75, 3.05) is 0 Å². The molecule has 0 saturated heterocycles. The summed E-state index contributed by atoms with van der Waals surface area (Å²) in [6.45, 7) is 27.9. The molecule has 2 aromatic rings. The number of benzene rings is 2. The molecule has 0 N–H and O–H groups in total. The Morgan fingerprint density at radius 1 is 0.500 bits per heavy atom. The van der Waals surface area contributed by atoms with Crippen molar-refractivity contribution in [1.82, 2.24) is 0 Å². The van der Waals surface area contributed by atoms with Crippen molar-refractivity contribution in [2.45, 2.75) is 111 Å². The topological polar surface area (TPSA) is 0 Å². The van der Waals surface area contributed by atoms with Gasteiger partial charge in [0.05, 0.1) is 0 Å². The summed E-state index contributed by atoms with van der Waals surface area (Å²) in [7, 11) is 0. The normalized spacial score (nSPS) is 13.2. The van der Waals surface area contributed by atoms with E-state index in [-0.39, 0.29) is 52.6 Å². The van der Waals surface area contributed by atoms with E-state index >= 15 is 0 Å². The van der Waals surface area contributed by atoms with Gasteiger partial charge in [0.2, 0.25) is 0 Å². The minimum Gasteiger partial charge on any atom is -1.00 e. The Morgan fingerprint density at radius 3 is 1.03 bits per heavy atom. The van der Waals surface area contributed by atoms with Gasteiger partial charge in [-0.2, -0.15) is 0 Å². The Kier molecular flexibility index (Phi) is 8.36. The van der Waals surface area contributed by atoms with Crippen LogP contribution < -0.4 is 29.6 Å². The third-order valence-corrected chi connectivity index (χ3v) is 5.95. The van der Waals surface area contributed by atoms with Crippen LogP contribution >= 0.6 is 0 Å². The van der Waals surface area contributed by atoms with Crippen LogP contribution in [0.1, 0.15) is 118 Å². The molecule has 162 valence electrons. The first-order valence-corrected chi connectivity index (χ1v) is 11.2. The van der Waals surface area contributed by atoms with Crippen LogP contribution in [0.25, 0.3) is 0 Å². The van der Waals surface area contributed by atoms with E-state index in [0.29, 0.717) is 0 Å². The summed E-state index contributed by atoms with van der Waals surface area (Å²) in [6.07, 6.45) is 0.994. The molecule has 0 saturated carbocycles. The monoisotopic (exact) mass is 416 g/mol. The van der Waals surface area contributed by atoms with Gasteiger partial charge in [-0.05, 0) is 61.5 Å². The van der Waals surface area contributed by atoms with Crippen LogP contribution in [0.15, 0.2) is 36.4 Å². The van der Waals surface area contributed by atoms with E-state index in [4.69, 9.17) is 0 Å². The van der Waals surface area contributed by atoms with E-state index in [9.17, 15) is 0 Å². The summed E-state index contributed by atoms with van der Waals surface area (Å²) in [5, 5.41) is 0. The van der Waals surface area contributed by atoms with Crippen molar-refractivity contribution in [2.24, 2.45) is 0 Å². The molecule has 0 aliphatic rings. The van der Waals surface area contributed by atoms with Crippen LogP contribution in [-0.2, 0) is 28.1 Å². The molecule has 0 fully saturated rings. The predicted molar refractivity (Wildman–Crippen MR) is 132 cm³/mol. The molecule has 0 radical (unpaired) electrons. The third-order valence-electron chi connectivity index (χ3n) is 5.95. The van der Waals surface area contributed by atoms with Gasteiger partial charge < -0.3 is 1.43 Å². The number of hydrogen-bond donors (Lipinski definition) is 0. The molecule has 1 heteroatoms. The molecule has 0 unspecified atom stereocenters. The molecule has 0 aliphatic heterocycles. The van der Waals surface area contributed by atoms with Gasteiger partial charge in [0.15, 0.2) is 0 Å². The Balaban J connectivity index is 0.00000450. The fourth-order valence-corrected chi connectivity index (χ4v) is 4.00. The maximum absolute atomic E-state index is 2.45. The first-order valence-electron chi connectivity index (χ1n) is 11.2. The van der Waals surface area contributed by atoms with Gasteiger partial charge in [-0.1, -0.05) is 119 Å². The summed E-state index contributed by atoms with van der Waals surface area (Å²) < 4.78 is 0. The van der Waals surface area contributed by atoms with Crippen molar-refractivity contribution in [3.8, 4) is 0 Å². The van der Waals surface area contributed by atoms with Crippen molar-refractivity contribution >= 4 is 0 Å². The fourth-order valence-electron chi connectivity index (χ4n) is 4.00. The molecule has 2 rings (SSSR count). The van der Waals surface area contributed by atoms with Gasteiger partial charge >= 0.3 is 29.6 Å². The van der Waals surface area contributed by atoms with E-state index in [1.54, 1.807) is 0 Å². The van der Waals surface area contributed by atoms with Crippen molar-refractivity contribution < 1.29 is 31.0 Å². The minimum absolute atomic E-state index is 0. The molecule has 0 atom stereocenters. The zero-order chi connectivity index (χ0) is 22.4. The van der Waals surface area contributed by atoms with Crippen LogP contribution in [0.4, 0.5) is 0 Å². The van der Waals surface area contributed by atoms with E-state index in [2.05, 4.69) is 119 Å². The summed E-state index contributed by atoms with van der Waals surface area (Å²) >= 11 is 0. The molecule has 0 aliphatic carbocycles. The summed E-state index contributed by atoms with van der Waals surface area (Å²) in [5.74, 6) is 0. The average Bonchev–Trinajstić information content (AvgIpc) is 2.51. The Hall–Kier alpha value is -0.560. The molecule has 0 bridgehead atoms. The Morgan fingerprint density at radius 2 is 0.800 bits per heavy atom. The quantitative estimate of drug-likeness (QED) is 0.560. The third kappa shape index (κ3) is 6.72. The molecule has 0 spiro atoms. The second-order valence-electron chi connectivity index (χ2n) is 12.9. The predicted octanol–water partition coefficient (Wildman–Crippen LogP) is 5.58. The second kappa shape index (κ2) is 9.13. The van der Waals surface area contributed by atoms with Crippen LogP contribution in [0.2, 0.25) is 0 Å². The molecular weight excluding hydrogens is 371 g/mol. The summed E-state index contributed by atoms with van der Waals surface area (Å²) in [4.78, 5) is 0. The second-order valence-corrected chi connectivity index (χ2v) is 12.9.